The number of nitrogens with zero attached hydrogens (tertiary/aromatic N) is 2. The number of methoxy groups -OCH3 is 1. The van der Waals surface area contributed by atoms with Crippen LogP contribution in [-0.4, -0.2) is 28.3 Å². The quantitative estimate of drug-likeness (QED) is 0.389. The van der Waals surface area contributed by atoms with Crippen LogP contribution >= 0.6 is 11.8 Å². The van der Waals surface area contributed by atoms with Crippen molar-refractivity contribution in [2.24, 2.45) is 0 Å². The van der Waals surface area contributed by atoms with Crippen LogP contribution < -0.4 is 10.1 Å². The predicted octanol–water partition coefficient (Wildman–Crippen LogP) is 5.59. The first-order valence-corrected chi connectivity index (χ1v) is 10.9. The number of aryl methyl sites for hydroxylation is 1. The summed E-state index contributed by atoms with van der Waals surface area (Å²) in [6, 6.07) is 25.5. The standard InChI is InChI=1S/C25H23N3O2S/c1-18-8-6-7-11-22(18)28-23(19-12-14-21(30-2)15-13-19)16-26-25(28)31-17-24(29)27-20-9-4-3-5-10-20/h3-16H,17H2,1-2H3,(H,27,29). The summed E-state index contributed by atoms with van der Waals surface area (Å²) in [5.41, 5.74) is 4.94. The molecular formula is C25H23N3O2S. The van der Waals surface area contributed by atoms with Gasteiger partial charge >= 0.3 is 0 Å². The molecule has 0 spiro atoms. The number of rotatable bonds is 7. The zero-order valence-electron chi connectivity index (χ0n) is 17.4. The molecule has 0 bridgehead atoms. The number of ether oxygens (including phenoxy) is 1. The number of hydrogen-bond donors (Lipinski definition) is 1. The number of imidazole rings is 1. The molecule has 1 amide bonds. The summed E-state index contributed by atoms with van der Waals surface area (Å²) in [6.45, 7) is 2.07. The Morgan fingerprint density at radius 1 is 1.00 bits per heavy atom. The lowest BCUT2D eigenvalue weighted by Crippen LogP contribution is -2.14. The van der Waals surface area contributed by atoms with E-state index in [0.717, 1.165) is 39.1 Å². The maximum atomic E-state index is 12.5. The van der Waals surface area contributed by atoms with Gasteiger partial charge in [0.1, 0.15) is 5.75 Å². The fourth-order valence-corrected chi connectivity index (χ4v) is 4.08. The minimum atomic E-state index is -0.0680. The van der Waals surface area contributed by atoms with E-state index in [9.17, 15) is 4.79 Å². The molecule has 0 fully saturated rings. The van der Waals surface area contributed by atoms with Gasteiger partial charge in [-0.2, -0.15) is 0 Å². The van der Waals surface area contributed by atoms with Gasteiger partial charge in [-0.1, -0.05) is 48.2 Å². The van der Waals surface area contributed by atoms with Crippen molar-refractivity contribution in [3.8, 4) is 22.7 Å². The van der Waals surface area contributed by atoms with Crippen molar-refractivity contribution < 1.29 is 9.53 Å². The number of benzene rings is 3. The molecule has 0 radical (unpaired) electrons. The van der Waals surface area contributed by atoms with E-state index >= 15 is 0 Å². The molecule has 4 rings (SSSR count). The topological polar surface area (TPSA) is 56.1 Å². The average Bonchev–Trinajstić information content (AvgIpc) is 3.22. The number of carbonyl (C=O) groups is 1. The minimum absolute atomic E-state index is 0.0680. The Labute approximate surface area is 186 Å². The van der Waals surface area contributed by atoms with E-state index in [4.69, 9.17) is 4.74 Å². The Bertz CT molecular complexity index is 1170. The molecule has 0 saturated heterocycles. The van der Waals surface area contributed by atoms with E-state index in [1.807, 2.05) is 72.9 Å². The van der Waals surface area contributed by atoms with Gasteiger partial charge in [0.25, 0.3) is 0 Å². The zero-order valence-corrected chi connectivity index (χ0v) is 18.2. The van der Waals surface area contributed by atoms with Crippen LogP contribution in [0.3, 0.4) is 0 Å². The Hall–Kier alpha value is -3.51. The smallest absolute Gasteiger partial charge is 0.234 e. The van der Waals surface area contributed by atoms with E-state index in [-0.39, 0.29) is 11.7 Å². The first kappa shape index (κ1) is 20.8. The summed E-state index contributed by atoms with van der Waals surface area (Å²) >= 11 is 1.42. The summed E-state index contributed by atoms with van der Waals surface area (Å²) in [7, 11) is 1.65. The Morgan fingerprint density at radius 3 is 2.42 bits per heavy atom. The number of anilines is 1. The molecule has 31 heavy (non-hydrogen) atoms. The number of carbonyl (C=O) groups excluding carboxylic acids is 1. The Kier molecular flexibility index (Phi) is 6.38. The van der Waals surface area contributed by atoms with Crippen molar-refractivity contribution in [1.29, 1.82) is 0 Å². The lowest BCUT2D eigenvalue weighted by atomic mass is 10.1. The molecule has 0 saturated carbocycles. The van der Waals surface area contributed by atoms with Gasteiger partial charge in [-0.05, 0) is 55.0 Å². The van der Waals surface area contributed by atoms with Crippen molar-refractivity contribution in [3.63, 3.8) is 0 Å². The van der Waals surface area contributed by atoms with Gasteiger partial charge in [-0.15, -0.1) is 0 Å². The molecule has 3 aromatic carbocycles. The molecule has 0 aliphatic rings. The summed E-state index contributed by atoms with van der Waals surface area (Å²) in [5, 5.41) is 3.69. The summed E-state index contributed by atoms with van der Waals surface area (Å²) in [4.78, 5) is 17.1. The van der Waals surface area contributed by atoms with Crippen molar-refractivity contribution in [3.05, 3.63) is 90.6 Å². The van der Waals surface area contributed by atoms with E-state index in [1.54, 1.807) is 7.11 Å². The highest BCUT2D eigenvalue weighted by Gasteiger charge is 2.17. The van der Waals surface area contributed by atoms with Gasteiger partial charge in [-0.25, -0.2) is 4.98 Å². The molecule has 1 heterocycles. The number of nitrogens with one attached hydrogen (secondary N) is 1. The molecule has 4 aromatic rings. The number of hydrogen-bond acceptors (Lipinski definition) is 4. The fourth-order valence-electron chi connectivity index (χ4n) is 3.30. The van der Waals surface area contributed by atoms with Crippen LogP contribution in [0.15, 0.2) is 90.2 Å². The largest absolute Gasteiger partial charge is 0.497 e. The van der Waals surface area contributed by atoms with E-state index in [1.165, 1.54) is 11.8 Å². The molecule has 156 valence electrons. The molecule has 6 heteroatoms. The van der Waals surface area contributed by atoms with Crippen LogP contribution in [0, 0.1) is 6.92 Å². The predicted molar refractivity (Wildman–Crippen MR) is 126 cm³/mol. The zero-order chi connectivity index (χ0) is 21.6. The second-order valence-corrected chi connectivity index (χ2v) is 7.92. The maximum Gasteiger partial charge on any atom is 0.234 e. The third kappa shape index (κ3) is 4.81. The van der Waals surface area contributed by atoms with Crippen molar-refractivity contribution in [1.82, 2.24) is 9.55 Å². The van der Waals surface area contributed by atoms with Crippen LogP contribution in [0.25, 0.3) is 16.9 Å². The molecule has 1 N–H and O–H groups in total. The second kappa shape index (κ2) is 9.53. The Balaban J connectivity index is 1.63. The number of amides is 1. The van der Waals surface area contributed by atoms with E-state index < -0.39 is 0 Å². The highest BCUT2D eigenvalue weighted by Crippen LogP contribution is 2.32. The summed E-state index contributed by atoms with van der Waals surface area (Å²) < 4.78 is 7.40. The van der Waals surface area contributed by atoms with Crippen LogP contribution in [0.4, 0.5) is 5.69 Å². The van der Waals surface area contributed by atoms with Crippen molar-refractivity contribution in [2.75, 3.05) is 18.2 Å². The molecule has 5 nitrogen and oxygen atoms in total. The van der Waals surface area contributed by atoms with Crippen molar-refractivity contribution >= 4 is 23.4 Å². The molecule has 1 aromatic heterocycles. The third-order valence-corrected chi connectivity index (χ3v) is 5.81. The molecular weight excluding hydrogens is 406 g/mol. The van der Waals surface area contributed by atoms with Gasteiger partial charge in [0, 0.05) is 11.3 Å². The number of thioether (sulfide) groups is 1. The van der Waals surface area contributed by atoms with Crippen LogP contribution in [0.5, 0.6) is 5.75 Å². The Morgan fingerprint density at radius 2 is 1.71 bits per heavy atom. The first-order chi connectivity index (χ1) is 15.2. The van der Waals surface area contributed by atoms with E-state index in [2.05, 4.69) is 33.9 Å². The average molecular weight is 430 g/mol. The highest BCUT2D eigenvalue weighted by molar-refractivity contribution is 7.99. The highest BCUT2D eigenvalue weighted by atomic mass is 32.2. The maximum absolute atomic E-state index is 12.5. The summed E-state index contributed by atoms with van der Waals surface area (Å²) in [5.74, 6) is 0.999. The van der Waals surface area contributed by atoms with Crippen LogP contribution in [0.2, 0.25) is 0 Å². The van der Waals surface area contributed by atoms with Gasteiger partial charge in [0.2, 0.25) is 5.91 Å². The van der Waals surface area contributed by atoms with Crippen molar-refractivity contribution in [2.45, 2.75) is 12.1 Å². The SMILES string of the molecule is COc1ccc(-c2cnc(SCC(=O)Nc3ccccc3)n2-c2ccccc2C)cc1. The van der Waals surface area contributed by atoms with Gasteiger partial charge < -0.3 is 10.1 Å². The number of para-hydroxylation sites is 2. The minimum Gasteiger partial charge on any atom is -0.497 e. The molecule has 0 unspecified atom stereocenters. The van der Waals surface area contributed by atoms with Crippen LogP contribution in [0.1, 0.15) is 5.56 Å². The molecule has 0 aliphatic carbocycles. The van der Waals surface area contributed by atoms with Crippen LogP contribution in [-0.2, 0) is 4.79 Å². The van der Waals surface area contributed by atoms with E-state index in [0.29, 0.717) is 0 Å². The molecule has 0 aliphatic heterocycles. The lowest BCUT2D eigenvalue weighted by molar-refractivity contribution is -0.113. The number of aromatic nitrogens is 2. The normalized spacial score (nSPS) is 10.6. The van der Waals surface area contributed by atoms with Gasteiger partial charge in [0.05, 0.1) is 30.4 Å². The first-order valence-electron chi connectivity index (χ1n) is 9.91. The molecule has 0 atom stereocenters. The van der Waals surface area contributed by atoms with Gasteiger partial charge in [-0.3, -0.25) is 9.36 Å². The summed E-state index contributed by atoms with van der Waals surface area (Å²) in [6.07, 6.45) is 1.85. The second-order valence-electron chi connectivity index (χ2n) is 6.98. The lowest BCUT2D eigenvalue weighted by Gasteiger charge is -2.14. The van der Waals surface area contributed by atoms with Gasteiger partial charge in [0.15, 0.2) is 5.16 Å². The monoisotopic (exact) mass is 429 g/mol. The fraction of sp³-hybridized carbons (Fsp3) is 0.120. The third-order valence-electron chi connectivity index (χ3n) is 4.86.